The van der Waals surface area contributed by atoms with Crippen LogP contribution in [0.15, 0.2) is 70.1 Å². The molecule has 0 spiro atoms. The Balaban J connectivity index is 1.50. The van der Waals surface area contributed by atoms with Crippen molar-refractivity contribution in [2.24, 2.45) is 4.99 Å². The van der Waals surface area contributed by atoms with Gasteiger partial charge in [0.1, 0.15) is 5.52 Å². The summed E-state index contributed by atoms with van der Waals surface area (Å²) < 4.78 is 5.65. The number of rotatable bonds is 3. The molecule has 7 nitrogen and oxygen atoms in total. The molecule has 1 aliphatic rings. The molecule has 1 amide bonds. The first-order valence-corrected chi connectivity index (χ1v) is 11.9. The number of amides is 1. The zero-order chi connectivity index (χ0) is 24.7. The number of benzene rings is 3. The van der Waals surface area contributed by atoms with Crippen molar-refractivity contribution in [2.45, 2.75) is 6.17 Å². The highest BCUT2D eigenvalue weighted by atomic mass is 35.5. The third-order valence-corrected chi connectivity index (χ3v) is 6.38. The number of fused-ring (bicyclic) bond motifs is 2. The number of aliphatic imine (C=N–C) groups is 1. The van der Waals surface area contributed by atoms with Crippen LogP contribution in [0.1, 0.15) is 11.1 Å². The molecule has 2 heterocycles. The van der Waals surface area contributed by atoms with Crippen LogP contribution in [0.4, 0.5) is 11.7 Å². The Morgan fingerprint density at radius 3 is 2.57 bits per heavy atom. The first-order valence-electron chi connectivity index (χ1n) is 10.3. The molecule has 5 rings (SSSR count). The van der Waals surface area contributed by atoms with E-state index in [1.54, 1.807) is 49.5 Å². The summed E-state index contributed by atoms with van der Waals surface area (Å²) in [5.74, 6) is -0.330. The largest absolute Gasteiger partial charge is 0.423 e. The zero-order valence-corrected chi connectivity index (χ0v) is 21.1. The molecule has 11 heteroatoms. The van der Waals surface area contributed by atoms with E-state index in [0.717, 1.165) is 0 Å². The smallest absolute Gasteiger partial charge is 0.302 e. The average Bonchev–Trinajstić information content (AvgIpc) is 3.18. The zero-order valence-electron chi connectivity index (χ0n) is 18.1. The number of anilines is 2. The molecular formula is C24H16Cl3N5O2S. The maximum Gasteiger partial charge on any atom is 0.302 e. The predicted molar refractivity (Wildman–Crippen MR) is 144 cm³/mol. The average molecular weight is 545 g/mol. The summed E-state index contributed by atoms with van der Waals surface area (Å²) in [5.41, 5.74) is 3.57. The Bertz CT molecular complexity index is 1520. The summed E-state index contributed by atoms with van der Waals surface area (Å²) in [5, 5.41) is 7.43. The molecule has 0 saturated heterocycles. The second kappa shape index (κ2) is 9.47. The van der Waals surface area contributed by atoms with Gasteiger partial charge in [-0.2, -0.15) is 4.98 Å². The maximum atomic E-state index is 13.4. The fourth-order valence-corrected chi connectivity index (χ4v) is 4.48. The van der Waals surface area contributed by atoms with Crippen molar-refractivity contribution in [1.82, 2.24) is 10.3 Å². The van der Waals surface area contributed by atoms with E-state index in [2.05, 4.69) is 15.6 Å². The number of carbonyl (C=O) groups is 1. The lowest BCUT2D eigenvalue weighted by Crippen LogP contribution is -2.47. The molecule has 1 atom stereocenters. The van der Waals surface area contributed by atoms with Gasteiger partial charge in [0.15, 0.2) is 10.7 Å². The molecule has 0 fully saturated rings. The van der Waals surface area contributed by atoms with Gasteiger partial charge in [0.05, 0.1) is 11.4 Å². The van der Waals surface area contributed by atoms with Crippen molar-refractivity contribution in [3.63, 3.8) is 0 Å². The molecule has 0 aliphatic carbocycles. The van der Waals surface area contributed by atoms with E-state index in [-0.39, 0.29) is 17.0 Å². The maximum absolute atomic E-state index is 13.4. The molecule has 0 saturated carbocycles. The molecule has 35 heavy (non-hydrogen) atoms. The number of nitrogens with zero attached hydrogens (tertiary/aromatic N) is 3. The van der Waals surface area contributed by atoms with E-state index in [4.69, 9.17) is 56.4 Å². The van der Waals surface area contributed by atoms with Gasteiger partial charge in [0, 0.05) is 33.2 Å². The number of likely N-dealkylation sites (N-methyl/N-ethyl adjacent to an activating group) is 1. The van der Waals surface area contributed by atoms with E-state index in [0.29, 0.717) is 48.7 Å². The summed E-state index contributed by atoms with van der Waals surface area (Å²) in [4.78, 5) is 23.9. The highest BCUT2D eigenvalue weighted by Gasteiger charge is 2.31. The summed E-state index contributed by atoms with van der Waals surface area (Å²) in [6.07, 6.45) is -1.06. The summed E-state index contributed by atoms with van der Waals surface area (Å²) >= 11 is 24.2. The van der Waals surface area contributed by atoms with E-state index in [1.807, 2.05) is 18.2 Å². The minimum Gasteiger partial charge on any atom is -0.423 e. The molecular weight excluding hydrogens is 529 g/mol. The Hall–Kier alpha value is -3.17. The van der Waals surface area contributed by atoms with Crippen LogP contribution in [0.2, 0.25) is 15.1 Å². The van der Waals surface area contributed by atoms with Crippen LogP contribution in [0, 0.1) is 0 Å². The molecule has 176 valence electrons. The number of hydrogen-bond donors (Lipinski definition) is 2. The molecule has 0 bridgehead atoms. The van der Waals surface area contributed by atoms with Crippen molar-refractivity contribution in [2.75, 3.05) is 17.3 Å². The first-order chi connectivity index (χ1) is 16.8. The van der Waals surface area contributed by atoms with Gasteiger partial charge in [0.2, 0.25) is 6.17 Å². The van der Waals surface area contributed by atoms with Gasteiger partial charge < -0.3 is 14.6 Å². The number of benzodiazepines with no additional fused rings is 1. The summed E-state index contributed by atoms with van der Waals surface area (Å²) in [7, 11) is 1.66. The fraction of sp³-hybridized carbons (Fsp3) is 0.0833. The molecule has 0 radical (unpaired) electrons. The van der Waals surface area contributed by atoms with Crippen LogP contribution in [-0.2, 0) is 4.79 Å². The molecule has 4 aromatic rings. The quantitative estimate of drug-likeness (QED) is 0.312. The number of thiocarbonyl (C=S) groups is 1. The fourth-order valence-electron chi connectivity index (χ4n) is 3.72. The topological polar surface area (TPSA) is 82.8 Å². The highest BCUT2D eigenvalue weighted by molar-refractivity contribution is 7.80. The SMILES string of the molecule is CN1C(=O)C(NC(=S)Nc2nc3cc(Cl)ccc3o2)N=C(c2ccccc2Cl)c2cc(Cl)ccc21. The lowest BCUT2D eigenvalue weighted by atomic mass is 10.00. The van der Waals surface area contributed by atoms with Crippen LogP contribution in [0.25, 0.3) is 11.1 Å². The predicted octanol–water partition coefficient (Wildman–Crippen LogP) is 5.91. The van der Waals surface area contributed by atoms with Gasteiger partial charge in [0.25, 0.3) is 5.91 Å². The third-order valence-electron chi connectivity index (χ3n) is 5.36. The Morgan fingerprint density at radius 2 is 1.77 bits per heavy atom. The minimum absolute atomic E-state index is 0.0978. The van der Waals surface area contributed by atoms with Gasteiger partial charge in [-0.25, -0.2) is 4.99 Å². The van der Waals surface area contributed by atoms with Crippen LogP contribution in [-0.4, -0.2) is 34.9 Å². The van der Waals surface area contributed by atoms with E-state index in [9.17, 15) is 4.79 Å². The molecule has 1 unspecified atom stereocenters. The summed E-state index contributed by atoms with van der Waals surface area (Å²) in [6, 6.07) is 17.7. The van der Waals surface area contributed by atoms with Gasteiger partial charge >= 0.3 is 6.01 Å². The Labute approximate surface area is 220 Å². The van der Waals surface area contributed by atoms with Crippen LogP contribution >= 0.6 is 47.0 Å². The lowest BCUT2D eigenvalue weighted by Gasteiger charge is -2.21. The normalized spacial score (nSPS) is 15.4. The number of nitrogens with one attached hydrogen (secondary N) is 2. The van der Waals surface area contributed by atoms with Crippen molar-refractivity contribution < 1.29 is 9.21 Å². The second-order valence-corrected chi connectivity index (χ2v) is 9.34. The first kappa shape index (κ1) is 23.6. The van der Waals surface area contributed by atoms with E-state index in [1.165, 1.54) is 4.90 Å². The molecule has 1 aromatic heterocycles. The lowest BCUT2D eigenvalue weighted by molar-refractivity contribution is -0.119. The molecule has 2 N–H and O–H groups in total. The van der Waals surface area contributed by atoms with Gasteiger partial charge in [-0.1, -0.05) is 53.0 Å². The minimum atomic E-state index is -1.06. The van der Waals surface area contributed by atoms with E-state index < -0.39 is 6.17 Å². The summed E-state index contributed by atoms with van der Waals surface area (Å²) in [6.45, 7) is 0. The van der Waals surface area contributed by atoms with Crippen LogP contribution in [0.5, 0.6) is 0 Å². The molecule has 1 aliphatic heterocycles. The highest BCUT2D eigenvalue weighted by Crippen LogP contribution is 2.32. The van der Waals surface area contributed by atoms with Crippen LogP contribution in [0.3, 0.4) is 0 Å². The monoisotopic (exact) mass is 543 g/mol. The van der Waals surface area contributed by atoms with Crippen LogP contribution < -0.4 is 15.5 Å². The second-order valence-electron chi connectivity index (χ2n) is 7.65. The number of aromatic nitrogens is 1. The Morgan fingerprint density at radius 1 is 1.03 bits per heavy atom. The van der Waals surface area contributed by atoms with Gasteiger partial charge in [-0.3, -0.25) is 10.1 Å². The standard InChI is InChI=1S/C24H16Cl3N5O2S/c1-32-18-8-6-12(25)10-15(18)20(14-4-2-3-5-16(14)27)29-21(22(32)33)30-24(35)31-23-28-17-11-13(26)7-9-19(17)34-23/h2-11,21H,1H3,(H2,28,30,31,35). The van der Waals surface area contributed by atoms with E-state index >= 15 is 0 Å². The third kappa shape index (κ3) is 4.70. The number of oxazole rings is 1. The van der Waals surface area contributed by atoms with Gasteiger partial charge in [-0.05, 0) is 54.7 Å². The Kier molecular flexibility index (Phi) is 6.37. The number of halogens is 3. The van der Waals surface area contributed by atoms with Crippen molar-refractivity contribution in [3.05, 3.63) is 86.9 Å². The van der Waals surface area contributed by atoms with Gasteiger partial charge in [-0.15, -0.1) is 0 Å². The van der Waals surface area contributed by atoms with Crippen molar-refractivity contribution in [1.29, 1.82) is 0 Å². The number of carbonyl (C=O) groups excluding carboxylic acids is 1. The number of hydrogen-bond acceptors (Lipinski definition) is 5. The molecule has 3 aromatic carbocycles. The van der Waals surface area contributed by atoms with Crippen molar-refractivity contribution in [3.8, 4) is 0 Å². The van der Waals surface area contributed by atoms with Crippen molar-refractivity contribution >= 4 is 86.6 Å².